The minimum atomic E-state index is -0.423. The molecule has 0 aliphatic heterocycles. The first-order valence-corrected chi connectivity index (χ1v) is 14.0. The maximum absolute atomic E-state index is 12.1. The lowest BCUT2D eigenvalue weighted by Gasteiger charge is -2.27. The fraction of sp³-hybridized carbons (Fsp3) is 0.393. The third-order valence-corrected chi connectivity index (χ3v) is 8.52. The summed E-state index contributed by atoms with van der Waals surface area (Å²) in [5.74, 6) is 0.780. The molecule has 4 heterocycles. The Morgan fingerprint density at radius 3 is 2.67 bits per heavy atom. The average molecular weight is 538 g/mol. The number of nitriles is 2. The van der Waals surface area contributed by atoms with Crippen molar-refractivity contribution >= 4 is 28.4 Å². The van der Waals surface area contributed by atoms with Gasteiger partial charge in [0.15, 0.2) is 5.01 Å². The Morgan fingerprint density at radius 2 is 1.92 bits per heavy atom. The van der Waals surface area contributed by atoms with Crippen LogP contribution in [0, 0.1) is 28.6 Å². The van der Waals surface area contributed by atoms with E-state index in [9.17, 15) is 15.3 Å². The Balaban J connectivity index is 1.24. The molecule has 0 radical (unpaired) electrons. The zero-order chi connectivity index (χ0) is 26.9. The Labute approximate surface area is 229 Å². The van der Waals surface area contributed by atoms with Crippen LogP contribution in [-0.2, 0) is 4.79 Å². The van der Waals surface area contributed by atoms with Crippen LogP contribution in [0.4, 0.5) is 5.69 Å². The van der Waals surface area contributed by atoms with Crippen LogP contribution in [0.25, 0.3) is 27.5 Å². The first-order valence-electron chi connectivity index (χ1n) is 13.2. The van der Waals surface area contributed by atoms with Gasteiger partial charge in [-0.2, -0.15) is 15.6 Å². The Hall–Kier alpha value is -4.35. The van der Waals surface area contributed by atoms with Crippen molar-refractivity contribution in [2.45, 2.75) is 63.5 Å². The predicted octanol–water partition coefficient (Wildman–Crippen LogP) is 4.66. The number of nitrogens with one attached hydrogen (secondary N) is 2. The second-order valence-electron chi connectivity index (χ2n) is 10.3. The number of anilines is 1. The Morgan fingerprint density at radius 1 is 1.10 bits per heavy atom. The van der Waals surface area contributed by atoms with Crippen LogP contribution >= 0.6 is 11.3 Å². The van der Waals surface area contributed by atoms with Gasteiger partial charge in [0.05, 0.1) is 40.3 Å². The highest BCUT2D eigenvalue weighted by Crippen LogP contribution is 2.39. The first-order chi connectivity index (χ1) is 19.0. The summed E-state index contributed by atoms with van der Waals surface area (Å²) in [5, 5.41) is 40.3. The molecule has 6 rings (SSSR count). The highest BCUT2D eigenvalue weighted by Gasteiger charge is 2.33. The van der Waals surface area contributed by atoms with E-state index in [1.165, 1.54) is 6.20 Å². The van der Waals surface area contributed by atoms with Crippen molar-refractivity contribution < 1.29 is 4.79 Å². The minimum Gasteiger partial charge on any atom is -0.369 e. The van der Waals surface area contributed by atoms with Crippen LogP contribution in [0.2, 0.25) is 0 Å². The van der Waals surface area contributed by atoms with Crippen LogP contribution in [0.1, 0.15) is 61.9 Å². The average Bonchev–Trinajstić information content (AvgIpc) is 3.56. The monoisotopic (exact) mass is 537 g/mol. The van der Waals surface area contributed by atoms with Gasteiger partial charge < -0.3 is 10.6 Å². The van der Waals surface area contributed by atoms with Crippen molar-refractivity contribution in [2.24, 2.45) is 5.92 Å². The molecule has 0 unspecified atom stereocenters. The van der Waals surface area contributed by atoms with Crippen molar-refractivity contribution in [1.29, 1.82) is 10.5 Å². The Kier molecular flexibility index (Phi) is 6.67. The number of carbonyl (C=O) groups is 1. The molecule has 2 saturated carbocycles. The lowest BCUT2D eigenvalue weighted by atomic mass is 9.86. The SMILES string of the molecule is C[C@H](C#N)Nc1cc(-c2ccc3cc(C#N)cnn23)ncc1-c1nnc(C2CCC(NC(=O)C3CC3)CC2)s1. The van der Waals surface area contributed by atoms with E-state index in [1.54, 1.807) is 35.0 Å². The molecule has 2 N–H and O–H groups in total. The zero-order valence-corrected chi connectivity index (χ0v) is 22.3. The minimum absolute atomic E-state index is 0.218. The molecule has 11 heteroatoms. The predicted molar refractivity (Wildman–Crippen MR) is 147 cm³/mol. The number of fused-ring (bicyclic) bond motifs is 1. The number of pyridine rings is 1. The molecule has 1 atom stereocenters. The third kappa shape index (κ3) is 5.18. The topological polar surface area (TPSA) is 145 Å². The summed E-state index contributed by atoms with van der Waals surface area (Å²) in [5.41, 5.74) is 4.27. The first kappa shape index (κ1) is 25.0. The van der Waals surface area contributed by atoms with E-state index >= 15 is 0 Å². The van der Waals surface area contributed by atoms with Crippen molar-refractivity contribution in [2.75, 3.05) is 5.32 Å². The number of amides is 1. The van der Waals surface area contributed by atoms with E-state index in [4.69, 9.17) is 4.98 Å². The lowest BCUT2D eigenvalue weighted by Crippen LogP contribution is -2.38. The molecule has 4 aromatic heterocycles. The number of hydrogen-bond acceptors (Lipinski definition) is 9. The highest BCUT2D eigenvalue weighted by molar-refractivity contribution is 7.14. The summed E-state index contributed by atoms with van der Waals surface area (Å²) >= 11 is 1.56. The standard InChI is InChI=1S/C28H27N9OS/c1-16(12-29)33-23-11-24(25-9-8-21-10-17(13-30)14-32-37(21)25)31-15-22(23)28-36-35-27(39-28)19-4-6-20(7-5-19)34-26(38)18-2-3-18/h8-11,14-16,18-20H,2-7H2,1H3,(H,31,33)(H,34,38)/t16-,19?,20?/m1/s1. The van der Waals surface area contributed by atoms with Gasteiger partial charge in [-0.15, -0.1) is 10.2 Å². The molecule has 0 aromatic carbocycles. The molecule has 0 spiro atoms. The molecular formula is C28H27N9OS. The van der Waals surface area contributed by atoms with E-state index in [2.05, 4.69) is 38.1 Å². The summed E-state index contributed by atoms with van der Waals surface area (Å²) in [4.78, 5) is 16.8. The summed E-state index contributed by atoms with van der Waals surface area (Å²) in [6, 6.07) is 11.7. The van der Waals surface area contributed by atoms with Crippen LogP contribution in [0.5, 0.6) is 0 Å². The maximum Gasteiger partial charge on any atom is 0.223 e. The quantitative estimate of drug-likeness (QED) is 0.346. The second kappa shape index (κ2) is 10.4. The molecule has 1 amide bonds. The number of rotatable bonds is 7. The van der Waals surface area contributed by atoms with E-state index in [0.717, 1.165) is 71.0 Å². The van der Waals surface area contributed by atoms with Gasteiger partial charge in [-0.05, 0) is 69.7 Å². The summed E-state index contributed by atoms with van der Waals surface area (Å²) < 4.78 is 1.74. The maximum atomic E-state index is 12.1. The second-order valence-corrected chi connectivity index (χ2v) is 11.3. The molecule has 0 bridgehead atoms. The van der Waals surface area contributed by atoms with Crippen LogP contribution in [0.3, 0.4) is 0 Å². The van der Waals surface area contributed by atoms with Crippen molar-refractivity contribution in [3.05, 3.63) is 47.2 Å². The van der Waals surface area contributed by atoms with Gasteiger partial charge in [0, 0.05) is 29.8 Å². The smallest absolute Gasteiger partial charge is 0.223 e. The van der Waals surface area contributed by atoms with E-state index < -0.39 is 6.04 Å². The largest absolute Gasteiger partial charge is 0.369 e. The van der Waals surface area contributed by atoms with Gasteiger partial charge in [-0.1, -0.05) is 11.3 Å². The van der Waals surface area contributed by atoms with E-state index in [1.807, 2.05) is 18.2 Å². The molecule has 2 aliphatic rings. The molecule has 2 aliphatic carbocycles. The van der Waals surface area contributed by atoms with E-state index in [0.29, 0.717) is 17.2 Å². The molecule has 0 saturated heterocycles. The summed E-state index contributed by atoms with van der Waals surface area (Å²) in [6.07, 6.45) is 9.19. The number of aromatic nitrogens is 5. The van der Waals surface area contributed by atoms with Crippen LogP contribution < -0.4 is 10.6 Å². The lowest BCUT2D eigenvalue weighted by molar-refractivity contribution is -0.123. The molecule has 196 valence electrons. The number of nitrogens with zero attached hydrogens (tertiary/aromatic N) is 7. The number of carbonyl (C=O) groups excluding carboxylic acids is 1. The van der Waals surface area contributed by atoms with Gasteiger partial charge in [0.1, 0.15) is 17.1 Å². The number of hydrogen-bond donors (Lipinski definition) is 2. The third-order valence-electron chi connectivity index (χ3n) is 7.40. The van der Waals surface area contributed by atoms with Gasteiger partial charge in [-0.25, -0.2) is 4.52 Å². The normalized spacial score (nSPS) is 19.7. The zero-order valence-electron chi connectivity index (χ0n) is 21.5. The molecule has 10 nitrogen and oxygen atoms in total. The summed E-state index contributed by atoms with van der Waals surface area (Å²) in [6.45, 7) is 1.80. The van der Waals surface area contributed by atoms with Gasteiger partial charge in [0.2, 0.25) is 5.91 Å². The van der Waals surface area contributed by atoms with E-state index in [-0.39, 0.29) is 17.9 Å². The van der Waals surface area contributed by atoms with Crippen molar-refractivity contribution in [3.8, 4) is 34.1 Å². The van der Waals surface area contributed by atoms with Gasteiger partial charge >= 0.3 is 0 Å². The molecule has 4 aromatic rings. The van der Waals surface area contributed by atoms with Gasteiger partial charge in [-0.3, -0.25) is 9.78 Å². The van der Waals surface area contributed by atoms with Crippen LogP contribution in [0.15, 0.2) is 36.7 Å². The fourth-order valence-electron chi connectivity index (χ4n) is 5.06. The van der Waals surface area contributed by atoms with Crippen molar-refractivity contribution in [3.63, 3.8) is 0 Å². The molecule has 2 fully saturated rings. The van der Waals surface area contributed by atoms with Crippen LogP contribution in [-0.4, -0.2) is 42.8 Å². The molecule has 39 heavy (non-hydrogen) atoms. The Bertz CT molecular complexity index is 1620. The van der Waals surface area contributed by atoms with Crippen molar-refractivity contribution in [1.82, 2.24) is 30.1 Å². The summed E-state index contributed by atoms with van der Waals surface area (Å²) in [7, 11) is 0. The fourth-order valence-corrected chi connectivity index (χ4v) is 6.10. The van der Waals surface area contributed by atoms with Gasteiger partial charge in [0.25, 0.3) is 0 Å². The highest BCUT2D eigenvalue weighted by atomic mass is 32.1. The molecular weight excluding hydrogens is 510 g/mol.